The van der Waals surface area contributed by atoms with Crippen molar-refractivity contribution >= 4 is 22.8 Å². The van der Waals surface area contributed by atoms with E-state index in [4.69, 9.17) is 0 Å². The minimum absolute atomic E-state index is 0.0593. The van der Waals surface area contributed by atoms with Crippen LogP contribution in [0.4, 0.5) is 5.82 Å². The van der Waals surface area contributed by atoms with Crippen molar-refractivity contribution in [3.8, 4) is 11.1 Å². The molecule has 0 fully saturated rings. The molecule has 0 aliphatic heterocycles. The van der Waals surface area contributed by atoms with Crippen molar-refractivity contribution in [2.24, 2.45) is 13.0 Å². The van der Waals surface area contributed by atoms with Gasteiger partial charge in [-0.3, -0.25) is 9.78 Å². The Morgan fingerprint density at radius 3 is 2.42 bits per heavy atom. The number of aryl methyl sites for hydroxylation is 3. The van der Waals surface area contributed by atoms with E-state index in [1.807, 2.05) is 59.1 Å². The van der Waals surface area contributed by atoms with Crippen LogP contribution < -0.4 is 5.32 Å². The van der Waals surface area contributed by atoms with Crippen molar-refractivity contribution in [3.63, 3.8) is 0 Å². The molecule has 0 saturated carbocycles. The highest BCUT2D eigenvalue weighted by molar-refractivity contribution is 6.00. The maximum Gasteiger partial charge on any atom is 0.228 e. The third-order valence-corrected chi connectivity index (χ3v) is 3.86. The Balaban J connectivity index is 2.11. The number of carbonyl (C=O) groups is 1. The van der Waals surface area contributed by atoms with E-state index >= 15 is 0 Å². The Kier molecular flexibility index (Phi) is 4.05. The summed E-state index contributed by atoms with van der Waals surface area (Å²) in [4.78, 5) is 20.9. The lowest BCUT2D eigenvalue weighted by Crippen LogP contribution is -2.18. The zero-order valence-electron chi connectivity index (χ0n) is 14.6. The number of nitrogens with one attached hydrogen (secondary N) is 1. The van der Waals surface area contributed by atoms with Crippen molar-refractivity contribution in [2.75, 3.05) is 5.32 Å². The molecule has 0 aromatic carbocycles. The quantitative estimate of drug-likeness (QED) is 0.803. The van der Waals surface area contributed by atoms with Gasteiger partial charge >= 0.3 is 0 Å². The van der Waals surface area contributed by atoms with Gasteiger partial charge in [-0.2, -0.15) is 5.10 Å². The Hall–Kier alpha value is -2.76. The Labute approximate surface area is 140 Å². The van der Waals surface area contributed by atoms with Crippen LogP contribution in [-0.4, -0.2) is 25.7 Å². The molecular formula is C18H21N5O. The van der Waals surface area contributed by atoms with Gasteiger partial charge in [-0.05, 0) is 37.6 Å². The van der Waals surface area contributed by atoms with Crippen LogP contribution in [0.3, 0.4) is 0 Å². The second-order valence-corrected chi connectivity index (χ2v) is 6.35. The summed E-state index contributed by atoms with van der Waals surface area (Å²) < 4.78 is 1.68. The molecular weight excluding hydrogens is 302 g/mol. The number of rotatable bonds is 3. The van der Waals surface area contributed by atoms with Crippen molar-refractivity contribution in [1.29, 1.82) is 0 Å². The monoisotopic (exact) mass is 323 g/mol. The number of hydrogen-bond donors (Lipinski definition) is 1. The van der Waals surface area contributed by atoms with E-state index in [2.05, 4.69) is 20.4 Å². The van der Waals surface area contributed by atoms with Gasteiger partial charge < -0.3 is 5.32 Å². The first-order chi connectivity index (χ1) is 11.3. The largest absolute Gasteiger partial charge is 0.308 e. The van der Waals surface area contributed by atoms with E-state index < -0.39 is 0 Å². The van der Waals surface area contributed by atoms with E-state index in [0.717, 1.165) is 33.5 Å². The van der Waals surface area contributed by atoms with Gasteiger partial charge in [-0.25, -0.2) is 9.67 Å². The highest BCUT2D eigenvalue weighted by atomic mass is 16.1. The summed E-state index contributed by atoms with van der Waals surface area (Å²) in [5, 5.41) is 8.11. The Bertz CT molecular complexity index is 906. The summed E-state index contributed by atoms with van der Waals surface area (Å²) in [6, 6.07) is 6.07. The molecule has 0 saturated heterocycles. The minimum atomic E-state index is -0.108. The van der Waals surface area contributed by atoms with Gasteiger partial charge in [0.05, 0.1) is 5.39 Å². The summed E-state index contributed by atoms with van der Waals surface area (Å²) in [5.74, 6) is 0.378. The van der Waals surface area contributed by atoms with E-state index in [1.54, 1.807) is 4.68 Å². The molecule has 0 radical (unpaired) electrons. The van der Waals surface area contributed by atoms with Crippen LogP contribution >= 0.6 is 0 Å². The summed E-state index contributed by atoms with van der Waals surface area (Å²) in [6.07, 6.45) is 1.83. The van der Waals surface area contributed by atoms with Crippen LogP contribution in [0.5, 0.6) is 0 Å². The molecule has 6 heteroatoms. The van der Waals surface area contributed by atoms with Crippen LogP contribution in [0.1, 0.15) is 25.2 Å². The molecule has 1 amide bonds. The first-order valence-electron chi connectivity index (χ1n) is 7.94. The van der Waals surface area contributed by atoms with Gasteiger partial charge in [-0.1, -0.05) is 13.8 Å². The Morgan fingerprint density at radius 2 is 1.79 bits per heavy atom. The maximum absolute atomic E-state index is 12.0. The molecule has 0 atom stereocenters. The molecule has 3 aromatic heterocycles. The molecule has 0 aliphatic carbocycles. The fourth-order valence-corrected chi connectivity index (χ4v) is 2.65. The van der Waals surface area contributed by atoms with Crippen LogP contribution in [-0.2, 0) is 11.8 Å². The average molecular weight is 323 g/mol. The van der Waals surface area contributed by atoms with Crippen molar-refractivity contribution < 1.29 is 4.79 Å². The predicted octanol–water partition coefficient (Wildman–Crippen LogP) is 3.24. The standard InChI is InChI=1S/C18H21N5O/c1-10(2)18(24)21-16-15-8-14(9-19-17(15)23(5)22-16)13-6-11(3)20-12(4)7-13/h6-10H,1-5H3,(H,21,22,24). The number of anilines is 1. The SMILES string of the molecule is Cc1cc(-c2cnc3c(c2)c(NC(=O)C(C)C)nn3C)cc(C)n1. The van der Waals surface area contributed by atoms with E-state index in [9.17, 15) is 4.79 Å². The molecule has 1 N–H and O–H groups in total. The number of pyridine rings is 2. The zero-order valence-corrected chi connectivity index (χ0v) is 14.6. The maximum atomic E-state index is 12.0. The summed E-state index contributed by atoms with van der Waals surface area (Å²) in [5.41, 5.74) is 4.69. The topological polar surface area (TPSA) is 72.7 Å². The fourth-order valence-electron chi connectivity index (χ4n) is 2.65. The molecule has 6 nitrogen and oxygen atoms in total. The number of hydrogen-bond acceptors (Lipinski definition) is 4. The van der Waals surface area contributed by atoms with Gasteiger partial charge in [-0.15, -0.1) is 0 Å². The zero-order chi connectivity index (χ0) is 17.4. The molecule has 3 heterocycles. The molecule has 0 aliphatic rings. The van der Waals surface area contributed by atoms with Gasteiger partial charge in [0.15, 0.2) is 11.5 Å². The molecule has 124 valence electrons. The van der Waals surface area contributed by atoms with E-state index in [1.165, 1.54) is 0 Å². The van der Waals surface area contributed by atoms with Crippen LogP contribution in [0, 0.1) is 19.8 Å². The summed E-state index contributed by atoms with van der Waals surface area (Å²) in [7, 11) is 1.82. The van der Waals surface area contributed by atoms with Crippen molar-refractivity contribution in [1.82, 2.24) is 19.7 Å². The lowest BCUT2D eigenvalue weighted by molar-refractivity contribution is -0.118. The molecule has 0 unspecified atom stereocenters. The van der Waals surface area contributed by atoms with Gasteiger partial charge in [0.2, 0.25) is 5.91 Å². The van der Waals surface area contributed by atoms with Gasteiger partial charge in [0.1, 0.15) is 0 Å². The lowest BCUT2D eigenvalue weighted by atomic mass is 10.1. The summed E-state index contributed by atoms with van der Waals surface area (Å²) in [6.45, 7) is 7.65. The van der Waals surface area contributed by atoms with Crippen LogP contribution in [0.25, 0.3) is 22.2 Å². The Morgan fingerprint density at radius 1 is 1.12 bits per heavy atom. The van der Waals surface area contributed by atoms with Crippen molar-refractivity contribution in [2.45, 2.75) is 27.7 Å². The average Bonchev–Trinajstić information content (AvgIpc) is 2.82. The van der Waals surface area contributed by atoms with E-state index in [0.29, 0.717) is 5.82 Å². The van der Waals surface area contributed by atoms with Gasteiger partial charge in [0, 0.05) is 36.1 Å². The minimum Gasteiger partial charge on any atom is -0.308 e. The number of carbonyl (C=O) groups excluding carboxylic acids is 1. The van der Waals surface area contributed by atoms with Crippen LogP contribution in [0.15, 0.2) is 24.4 Å². The highest BCUT2D eigenvalue weighted by Crippen LogP contribution is 2.27. The number of aromatic nitrogens is 4. The molecule has 0 bridgehead atoms. The smallest absolute Gasteiger partial charge is 0.228 e. The number of nitrogens with zero attached hydrogens (tertiary/aromatic N) is 4. The molecule has 0 spiro atoms. The molecule has 24 heavy (non-hydrogen) atoms. The predicted molar refractivity (Wildman–Crippen MR) is 94.7 cm³/mol. The van der Waals surface area contributed by atoms with Crippen molar-refractivity contribution in [3.05, 3.63) is 35.8 Å². The number of amides is 1. The molecule has 3 rings (SSSR count). The van der Waals surface area contributed by atoms with Gasteiger partial charge in [0.25, 0.3) is 0 Å². The van der Waals surface area contributed by atoms with Crippen LogP contribution in [0.2, 0.25) is 0 Å². The third-order valence-electron chi connectivity index (χ3n) is 3.86. The second-order valence-electron chi connectivity index (χ2n) is 6.35. The summed E-state index contributed by atoms with van der Waals surface area (Å²) >= 11 is 0. The fraction of sp³-hybridized carbons (Fsp3) is 0.333. The lowest BCUT2D eigenvalue weighted by Gasteiger charge is -2.06. The molecule has 3 aromatic rings. The van der Waals surface area contributed by atoms with E-state index in [-0.39, 0.29) is 11.8 Å². The number of fused-ring (bicyclic) bond motifs is 1. The highest BCUT2D eigenvalue weighted by Gasteiger charge is 2.15. The first kappa shape index (κ1) is 16.1. The third kappa shape index (κ3) is 2.99. The second kappa shape index (κ2) is 6.03. The normalized spacial score (nSPS) is 11.2. The first-order valence-corrected chi connectivity index (χ1v) is 7.94.